The molecule has 0 atom stereocenters. The van der Waals surface area contributed by atoms with Crippen molar-refractivity contribution in [3.8, 4) is 0 Å². The summed E-state index contributed by atoms with van der Waals surface area (Å²) in [5, 5.41) is 0. The number of carbonyl (C=O) groups is 2. The summed E-state index contributed by atoms with van der Waals surface area (Å²) in [6, 6.07) is 0. The summed E-state index contributed by atoms with van der Waals surface area (Å²) in [5.74, 6) is 0.496. The Labute approximate surface area is 241 Å². The third kappa shape index (κ3) is 13.0. The Kier molecular flexibility index (Phi) is 17.8. The van der Waals surface area contributed by atoms with Crippen LogP contribution in [-0.4, -0.2) is 138 Å². The Morgan fingerprint density at radius 2 is 0.971 bits per heavy atom. The lowest BCUT2D eigenvalue weighted by molar-refractivity contribution is -0.916. The number of nitrogens with zero attached hydrogens (tertiary/aromatic N) is 4. The van der Waals surface area contributed by atoms with Gasteiger partial charge in [-0.2, -0.15) is 0 Å². The fourth-order valence-electron chi connectivity index (χ4n) is 4.43. The fraction of sp³-hybridized carbons (Fsp3) is 0.917. The maximum Gasteiger partial charge on any atom is 0.227 e. The number of rotatable bonds is 13. The summed E-state index contributed by atoms with van der Waals surface area (Å²) in [4.78, 5) is 28.7. The van der Waals surface area contributed by atoms with Crippen molar-refractivity contribution in [2.45, 2.75) is 38.5 Å². The highest BCUT2D eigenvalue weighted by Crippen LogP contribution is 2.11. The summed E-state index contributed by atoms with van der Waals surface area (Å²) in [6.07, 6.45) is 5.48. The van der Waals surface area contributed by atoms with Crippen molar-refractivity contribution in [3.63, 3.8) is 0 Å². The lowest BCUT2D eigenvalue weighted by atomic mass is 10.1. The van der Waals surface area contributed by atoms with E-state index in [-0.39, 0.29) is 59.8 Å². The van der Waals surface area contributed by atoms with Gasteiger partial charge in [0, 0.05) is 27.2 Å². The van der Waals surface area contributed by atoms with E-state index in [0.717, 1.165) is 113 Å². The minimum atomic E-state index is 0. The number of unbranched alkanes of at least 4 members (excludes halogenated alkanes) is 3. The Morgan fingerprint density at radius 3 is 1.29 bits per heavy atom. The molecule has 34 heavy (non-hydrogen) atoms. The summed E-state index contributed by atoms with van der Waals surface area (Å²) in [6.45, 7) is 10.7. The highest BCUT2D eigenvalue weighted by atomic mass is 127. The number of likely N-dealkylation sites (N-methyl/N-ethyl adjacent to an activating group) is 2. The topological polar surface area (TPSA) is 59.1 Å². The van der Waals surface area contributed by atoms with Crippen molar-refractivity contribution in [2.24, 2.45) is 0 Å². The lowest BCUT2D eigenvalue weighted by Crippen LogP contribution is -3.00. The quantitative estimate of drug-likeness (QED) is 0.110. The molecule has 2 rings (SSSR count). The SMILES string of the molecule is CN(CCCCCCN(C)C(=O)CC[N+]1(C)CCOCC1)C(=O)CC[N+]1(C)CCOCC1.[I-].[I-]. The van der Waals surface area contributed by atoms with Crippen LogP contribution in [0.25, 0.3) is 0 Å². The molecular weight excluding hydrogens is 662 g/mol. The Hall–Kier alpha value is 0.240. The average molecular weight is 710 g/mol. The molecule has 0 bridgehead atoms. The largest absolute Gasteiger partial charge is 1.00 e. The molecule has 8 nitrogen and oxygen atoms in total. The second kappa shape index (κ2) is 17.7. The number of carbonyl (C=O) groups excluding carboxylic acids is 2. The predicted molar refractivity (Wildman–Crippen MR) is 126 cm³/mol. The van der Waals surface area contributed by atoms with Crippen LogP contribution < -0.4 is 48.0 Å². The predicted octanol–water partition coefficient (Wildman–Crippen LogP) is -4.79. The second-order valence-electron chi connectivity index (χ2n) is 10.4. The smallest absolute Gasteiger partial charge is 0.227 e. The van der Waals surface area contributed by atoms with E-state index in [4.69, 9.17) is 9.47 Å². The summed E-state index contributed by atoms with van der Waals surface area (Å²) in [7, 11) is 8.29. The van der Waals surface area contributed by atoms with Crippen LogP contribution in [0.2, 0.25) is 0 Å². The van der Waals surface area contributed by atoms with E-state index in [0.29, 0.717) is 12.8 Å². The van der Waals surface area contributed by atoms with Crippen LogP contribution in [0, 0.1) is 0 Å². The van der Waals surface area contributed by atoms with Gasteiger partial charge >= 0.3 is 0 Å². The summed E-state index contributed by atoms with van der Waals surface area (Å²) >= 11 is 0. The first-order chi connectivity index (χ1) is 15.2. The van der Waals surface area contributed by atoms with Gasteiger partial charge in [-0.05, 0) is 12.8 Å². The van der Waals surface area contributed by atoms with Gasteiger partial charge in [0.25, 0.3) is 0 Å². The van der Waals surface area contributed by atoms with E-state index in [9.17, 15) is 9.59 Å². The van der Waals surface area contributed by atoms with Gasteiger partial charge in [0.2, 0.25) is 11.8 Å². The van der Waals surface area contributed by atoms with Crippen LogP contribution in [0.1, 0.15) is 38.5 Å². The number of ether oxygens (including phenoxy) is 2. The van der Waals surface area contributed by atoms with E-state index in [2.05, 4.69) is 14.1 Å². The molecule has 10 heteroatoms. The Morgan fingerprint density at radius 1 is 0.647 bits per heavy atom. The van der Waals surface area contributed by atoms with E-state index in [1.54, 1.807) is 0 Å². The lowest BCUT2D eigenvalue weighted by Gasteiger charge is -2.37. The molecule has 0 N–H and O–H groups in total. The van der Waals surface area contributed by atoms with Gasteiger partial charge in [0.15, 0.2) is 0 Å². The van der Waals surface area contributed by atoms with Crippen LogP contribution in [-0.2, 0) is 19.1 Å². The zero-order valence-corrected chi connectivity index (χ0v) is 26.2. The molecule has 2 heterocycles. The van der Waals surface area contributed by atoms with E-state index in [1.165, 1.54) is 0 Å². The van der Waals surface area contributed by atoms with Gasteiger partial charge < -0.3 is 76.2 Å². The Balaban J connectivity index is 0.00000544. The molecule has 2 aliphatic rings. The normalized spacial score (nSPS) is 18.8. The molecule has 0 aromatic heterocycles. The van der Waals surface area contributed by atoms with Crippen LogP contribution in [0.5, 0.6) is 0 Å². The van der Waals surface area contributed by atoms with Gasteiger partial charge in [-0.15, -0.1) is 0 Å². The molecule has 0 radical (unpaired) electrons. The van der Waals surface area contributed by atoms with Gasteiger partial charge in [-0.1, -0.05) is 12.8 Å². The molecule has 2 aliphatic heterocycles. The second-order valence-corrected chi connectivity index (χ2v) is 10.4. The first-order valence-electron chi connectivity index (χ1n) is 12.5. The highest BCUT2D eigenvalue weighted by Gasteiger charge is 2.27. The van der Waals surface area contributed by atoms with Crippen LogP contribution in [0.4, 0.5) is 0 Å². The molecule has 0 unspecified atom stereocenters. The van der Waals surface area contributed by atoms with Crippen LogP contribution in [0.3, 0.4) is 0 Å². The van der Waals surface area contributed by atoms with E-state index < -0.39 is 0 Å². The van der Waals surface area contributed by atoms with E-state index in [1.807, 2.05) is 23.9 Å². The van der Waals surface area contributed by atoms with Crippen molar-refractivity contribution >= 4 is 11.8 Å². The van der Waals surface area contributed by atoms with Crippen molar-refractivity contribution in [1.82, 2.24) is 9.80 Å². The standard InChI is InChI=1S/C24H48N4O4.2HI/c1-25(23(29)9-13-27(3)15-19-31-20-16-27)11-7-5-6-8-12-26(2)24(30)10-14-28(4)17-21-32-22-18-28;;/h5-22H2,1-4H3;2*1H/q+2;;/p-2. The van der Waals surface area contributed by atoms with Gasteiger partial charge in [-0.25, -0.2) is 0 Å². The molecule has 2 saturated heterocycles. The number of hydrogen-bond donors (Lipinski definition) is 0. The molecule has 2 amide bonds. The van der Waals surface area contributed by atoms with Crippen molar-refractivity contribution < 1.29 is 76.0 Å². The molecule has 0 spiro atoms. The zero-order chi connectivity index (χ0) is 23.5. The molecule has 202 valence electrons. The Bertz CT molecular complexity index is 535. The average Bonchev–Trinajstić information content (AvgIpc) is 2.79. The number of amides is 2. The first-order valence-corrected chi connectivity index (χ1v) is 12.5. The van der Waals surface area contributed by atoms with Gasteiger partial charge in [0.1, 0.15) is 26.2 Å². The number of morpholine rings is 2. The van der Waals surface area contributed by atoms with Gasteiger partial charge in [-0.3, -0.25) is 9.59 Å². The minimum absolute atomic E-state index is 0. The molecule has 0 aromatic carbocycles. The first kappa shape index (κ1) is 34.2. The van der Waals surface area contributed by atoms with Gasteiger partial charge in [0.05, 0.1) is 66.5 Å². The van der Waals surface area contributed by atoms with Crippen molar-refractivity contribution in [1.29, 1.82) is 0 Å². The van der Waals surface area contributed by atoms with Crippen LogP contribution in [0.15, 0.2) is 0 Å². The monoisotopic (exact) mass is 710 g/mol. The summed E-state index contributed by atoms with van der Waals surface area (Å²) < 4.78 is 12.8. The third-order valence-electron chi connectivity index (χ3n) is 7.42. The summed E-state index contributed by atoms with van der Waals surface area (Å²) in [5.41, 5.74) is 0. The van der Waals surface area contributed by atoms with Crippen LogP contribution >= 0.6 is 0 Å². The molecule has 2 fully saturated rings. The molecule has 0 aromatic rings. The number of halogens is 2. The minimum Gasteiger partial charge on any atom is -1.00 e. The molecular formula is C24H48I2N4O4. The molecule has 0 saturated carbocycles. The van der Waals surface area contributed by atoms with Crippen molar-refractivity contribution in [3.05, 3.63) is 0 Å². The van der Waals surface area contributed by atoms with E-state index >= 15 is 0 Å². The maximum atomic E-state index is 12.4. The maximum absolute atomic E-state index is 12.4. The molecule has 0 aliphatic carbocycles. The van der Waals surface area contributed by atoms with Crippen molar-refractivity contribution in [2.75, 3.05) is 107 Å². The number of quaternary nitrogens is 2. The third-order valence-corrected chi connectivity index (χ3v) is 7.42. The highest BCUT2D eigenvalue weighted by molar-refractivity contribution is 5.76. The fourth-order valence-corrected chi connectivity index (χ4v) is 4.43. The number of hydrogen-bond acceptors (Lipinski definition) is 4. The zero-order valence-electron chi connectivity index (χ0n) is 21.9.